The van der Waals surface area contributed by atoms with Crippen molar-refractivity contribution < 1.29 is 4.79 Å². The zero-order valence-electron chi connectivity index (χ0n) is 12.7. The van der Waals surface area contributed by atoms with Crippen LogP contribution in [0, 0.1) is 11.3 Å². The highest BCUT2D eigenvalue weighted by atomic mass is 16.1. The number of carbonyl (C=O) groups is 1. The van der Waals surface area contributed by atoms with Gasteiger partial charge in [0, 0.05) is 46.9 Å². The Morgan fingerprint density at radius 3 is 2.32 bits per heavy atom. The van der Waals surface area contributed by atoms with Gasteiger partial charge in [0.2, 0.25) is 0 Å². The van der Waals surface area contributed by atoms with Crippen LogP contribution in [0.3, 0.4) is 0 Å². The molecule has 0 aromatic carbocycles. The second-order valence-electron chi connectivity index (χ2n) is 4.86. The molecule has 0 saturated heterocycles. The molecule has 0 aromatic heterocycles. The lowest BCUT2D eigenvalue weighted by atomic mass is 10.1. The number of aldehydes is 1. The first-order valence-corrected chi connectivity index (χ1v) is 6.39. The fourth-order valence-corrected chi connectivity index (χ4v) is 1.95. The Morgan fingerprint density at radius 1 is 1.26 bits per heavy atom. The molecule has 0 aliphatic rings. The van der Waals surface area contributed by atoms with E-state index in [1.807, 2.05) is 26.0 Å². The predicted octanol–water partition coefficient (Wildman–Crippen LogP) is -0.0575. The Balaban J connectivity index is 4.61. The molecule has 0 fully saturated rings. The van der Waals surface area contributed by atoms with Gasteiger partial charge in [-0.2, -0.15) is 0 Å². The summed E-state index contributed by atoms with van der Waals surface area (Å²) in [6.45, 7) is 1.51. The second kappa shape index (κ2) is 9.38. The van der Waals surface area contributed by atoms with Gasteiger partial charge in [-0.1, -0.05) is 0 Å². The molecule has 0 bridgehead atoms. The van der Waals surface area contributed by atoms with Crippen molar-refractivity contribution in [2.24, 2.45) is 5.92 Å². The molecular weight excluding hydrogens is 242 g/mol. The van der Waals surface area contributed by atoms with Crippen molar-refractivity contribution in [1.29, 1.82) is 5.41 Å². The minimum Gasteiger partial charge on any atom is -0.392 e. The smallest absolute Gasteiger partial charge is 0.145 e. The fourth-order valence-electron chi connectivity index (χ4n) is 1.95. The van der Waals surface area contributed by atoms with E-state index in [4.69, 9.17) is 5.41 Å². The molecular formula is C13H27N5O. The average molecular weight is 269 g/mol. The molecule has 110 valence electrons. The van der Waals surface area contributed by atoms with Crippen molar-refractivity contribution in [3.8, 4) is 0 Å². The predicted molar refractivity (Wildman–Crippen MR) is 79.3 cm³/mol. The van der Waals surface area contributed by atoms with E-state index in [-0.39, 0.29) is 5.92 Å². The maximum absolute atomic E-state index is 10.7. The zero-order valence-corrected chi connectivity index (χ0v) is 12.7. The molecule has 0 heterocycles. The van der Waals surface area contributed by atoms with E-state index in [1.165, 1.54) is 0 Å². The average Bonchev–Trinajstić information content (AvgIpc) is 2.34. The van der Waals surface area contributed by atoms with Crippen LogP contribution in [0.15, 0.2) is 11.9 Å². The van der Waals surface area contributed by atoms with Gasteiger partial charge in [-0.05, 0) is 20.0 Å². The number of hydrogen-bond acceptors (Lipinski definition) is 5. The van der Waals surface area contributed by atoms with Gasteiger partial charge < -0.3 is 25.2 Å². The molecule has 0 rings (SSSR count). The van der Waals surface area contributed by atoms with E-state index in [0.717, 1.165) is 18.5 Å². The van der Waals surface area contributed by atoms with Gasteiger partial charge in [0.05, 0.1) is 5.70 Å². The number of carbonyl (C=O) groups excluding carboxylic acids is 1. The molecule has 0 amide bonds. The molecule has 0 radical (unpaired) electrons. The Hall–Kier alpha value is -1.56. The molecule has 19 heavy (non-hydrogen) atoms. The van der Waals surface area contributed by atoms with Crippen molar-refractivity contribution in [3.05, 3.63) is 11.9 Å². The fraction of sp³-hybridized carbons (Fsp3) is 0.692. The van der Waals surface area contributed by atoms with Crippen molar-refractivity contribution in [2.45, 2.75) is 6.42 Å². The number of likely N-dealkylation sites (N-methyl/N-ethyl adjacent to an activating group) is 2. The van der Waals surface area contributed by atoms with Crippen LogP contribution < -0.4 is 10.6 Å². The van der Waals surface area contributed by atoms with E-state index in [0.29, 0.717) is 18.8 Å². The van der Waals surface area contributed by atoms with Crippen LogP contribution >= 0.6 is 0 Å². The molecule has 0 saturated carbocycles. The molecule has 3 N–H and O–H groups in total. The summed E-state index contributed by atoms with van der Waals surface area (Å²) in [5, 5.41) is 14.0. The highest BCUT2D eigenvalue weighted by Gasteiger charge is 2.16. The van der Waals surface area contributed by atoms with E-state index in [9.17, 15) is 4.79 Å². The number of amidine groups is 1. The van der Waals surface area contributed by atoms with Gasteiger partial charge in [-0.25, -0.2) is 0 Å². The summed E-state index contributed by atoms with van der Waals surface area (Å²) in [5.41, 5.74) is 0.722. The van der Waals surface area contributed by atoms with Crippen molar-refractivity contribution in [1.82, 2.24) is 20.4 Å². The molecule has 1 unspecified atom stereocenters. The summed E-state index contributed by atoms with van der Waals surface area (Å²) in [6.07, 6.45) is 3.22. The third-order valence-corrected chi connectivity index (χ3v) is 2.78. The normalized spacial score (nSPS) is 13.1. The summed E-state index contributed by atoms with van der Waals surface area (Å²) in [7, 11) is 9.43. The summed E-state index contributed by atoms with van der Waals surface area (Å²) in [6, 6.07) is 0. The first-order valence-electron chi connectivity index (χ1n) is 6.39. The first-order chi connectivity index (χ1) is 8.96. The van der Waals surface area contributed by atoms with Crippen LogP contribution in [0.1, 0.15) is 6.42 Å². The van der Waals surface area contributed by atoms with Gasteiger partial charge in [0.25, 0.3) is 0 Å². The maximum Gasteiger partial charge on any atom is 0.145 e. The lowest BCUT2D eigenvalue weighted by molar-refractivity contribution is -0.108. The van der Waals surface area contributed by atoms with E-state index >= 15 is 0 Å². The van der Waals surface area contributed by atoms with Gasteiger partial charge >= 0.3 is 0 Å². The monoisotopic (exact) mass is 269 g/mol. The summed E-state index contributed by atoms with van der Waals surface area (Å²) < 4.78 is 0. The Labute approximate surface area is 116 Å². The Morgan fingerprint density at radius 2 is 1.89 bits per heavy atom. The quantitative estimate of drug-likeness (QED) is 0.311. The lowest BCUT2D eigenvalue weighted by Crippen LogP contribution is -2.38. The molecule has 0 aromatic rings. The van der Waals surface area contributed by atoms with Crippen LogP contribution in [-0.2, 0) is 4.79 Å². The summed E-state index contributed by atoms with van der Waals surface area (Å²) >= 11 is 0. The molecule has 6 heteroatoms. The molecule has 1 atom stereocenters. The topological polar surface area (TPSA) is 71.5 Å². The third-order valence-electron chi connectivity index (χ3n) is 2.78. The number of rotatable bonds is 9. The van der Waals surface area contributed by atoms with Crippen molar-refractivity contribution >= 4 is 12.1 Å². The SMILES string of the molecule is CN/C=C(/NC)C(=N)N(C)CC(CC=O)CN(C)C. The molecule has 0 spiro atoms. The van der Waals surface area contributed by atoms with Gasteiger partial charge in [-0.15, -0.1) is 0 Å². The highest BCUT2D eigenvalue weighted by molar-refractivity contribution is 5.94. The minimum absolute atomic E-state index is 0.227. The Bertz CT molecular complexity index is 314. The van der Waals surface area contributed by atoms with Crippen LogP contribution in [0.25, 0.3) is 0 Å². The van der Waals surface area contributed by atoms with Crippen LogP contribution in [0.4, 0.5) is 0 Å². The Kier molecular flexibility index (Phi) is 8.61. The van der Waals surface area contributed by atoms with Crippen LogP contribution in [-0.4, -0.2) is 70.2 Å². The van der Waals surface area contributed by atoms with Crippen molar-refractivity contribution in [2.75, 3.05) is 48.3 Å². The standard InChI is InChI=1S/C13H27N5O/c1-15-8-12(16-2)13(14)18(5)10-11(6-7-19)9-17(3)4/h7-8,11,14-16H,6,9-10H2,1-5H3/b12-8+,14-13?. The lowest BCUT2D eigenvalue weighted by Gasteiger charge is -2.27. The van der Waals surface area contributed by atoms with E-state index in [1.54, 1.807) is 20.3 Å². The van der Waals surface area contributed by atoms with Gasteiger partial charge in [0.1, 0.15) is 12.1 Å². The van der Waals surface area contributed by atoms with Crippen LogP contribution in [0.5, 0.6) is 0 Å². The van der Waals surface area contributed by atoms with Crippen LogP contribution in [0.2, 0.25) is 0 Å². The van der Waals surface area contributed by atoms with E-state index in [2.05, 4.69) is 15.5 Å². The van der Waals surface area contributed by atoms with E-state index < -0.39 is 0 Å². The summed E-state index contributed by atoms with van der Waals surface area (Å²) in [4.78, 5) is 14.6. The third kappa shape index (κ3) is 6.81. The second-order valence-corrected chi connectivity index (χ2v) is 4.86. The number of nitrogens with one attached hydrogen (secondary N) is 3. The number of hydrogen-bond donors (Lipinski definition) is 3. The zero-order chi connectivity index (χ0) is 14.8. The van der Waals surface area contributed by atoms with Gasteiger partial charge in [0.15, 0.2) is 0 Å². The molecule has 6 nitrogen and oxygen atoms in total. The maximum atomic E-state index is 10.7. The van der Waals surface area contributed by atoms with Crippen molar-refractivity contribution in [3.63, 3.8) is 0 Å². The van der Waals surface area contributed by atoms with Gasteiger partial charge in [-0.3, -0.25) is 5.41 Å². The minimum atomic E-state index is 0.227. The highest BCUT2D eigenvalue weighted by Crippen LogP contribution is 2.07. The first kappa shape index (κ1) is 17.4. The summed E-state index contributed by atoms with van der Waals surface area (Å²) in [5.74, 6) is 0.636. The number of nitrogens with zero attached hydrogens (tertiary/aromatic N) is 2. The molecule has 0 aliphatic carbocycles. The molecule has 0 aliphatic heterocycles. The largest absolute Gasteiger partial charge is 0.392 e.